The average Bonchev–Trinajstić information content (AvgIpc) is 3.83. The van der Waals surface area contributed by atoms with E-state index in [1.54, 1.807) is 0 Å². The van der Waals surface area contributed by atoms with E-state index in [4.69, 9.17) is 13.8 Å². The molecule has 0 aliphatic heterocycles. The normalized spacial score (nSPS) is 11.8. The second-order valence-corrected chi connectivity index (χ2v) is 12.0. The zero-order valence-corrected chi connectivity index (χ0v) is 25.7. The summed E-state index contributed by atoms with van der Waals surface area (Å²) >= 11 is 0. The second kappa shape index (κ2) is 10.5. The summed E-state index contributed by atoms with van der Waals surface area (Å²) in [6.07, 6.45) is 0. The number of hydrogen-bond donors (Lipinski definition) is 0. The van der Waals surface area contributed by atoms with Crippen molar-refractivity contribution >= 4 is 71.9 Å². The van der Waals surface area contributed by atoms with Gasteiger partial charge >= 0.3 is 0 Å². The van der Waals surface area contributed by atoms with Crippen LogP contribution >= 0.6 is 0 Å². The zero-order chi connectivity index (χ0) is 31.6. The third-order valence-electron chi connectivity index (χ3n) is 9.19. The van der Waals surface area contributed by atoms with E-state index in [0.717, 1.165) is 61.3 Å². The Morgan fingerprint density at radius 2 is 1.19 bits per heavy atom. The van der Waals surface area contributed by atoms with Crippen LogP contribution in [0.4, 0.5) is 17.1 Å². The molecule has 48 heavy (non-hydrogen) atoms. The van der Waals surface area contributed by atoms with Crippen molar-refractivity contribution in [2.45, 2.75) is 0 Å². The van der Waals surface area contributed by atoms with Crippen LogP contribution in [0.1, 0.15) is 0 Å². The topological polar surface area (TPSA) is 47.3 Å². The molecular weight excluding hydrogens is 590 g/mol. The lowest BCUT2D eigenvalue weighted by Gasteiger charge is -2.26. The van der Waals surface area contributed by atoms with Crippen LogP contribution in [0.3, 0.4) is 0 Å². The van der Waals surface area contributed by atoms with Gasteiger partial charge in [0.25, 0.3) is 0 Å². The van der Waals surface area contributed by atoms with Crippen molar-refractivity contribution in [1.29, 1.82) is 0 Å². The van der Waals surface area contributed by atoms with Crippen LogP contribution < -0.4 is 4.90 Å². The van der Waals surface area contributed by atoms with Gasteiger partial charge in [-0.1, -0.05) is 78.9 Å². The number of benzene rings is 7. The molecule has 0 unspecified atom stereocenters. The number of oxazole rings is 1. The third kappa shape index (κ3) is 4.08. The SMILES string of the molecule is c1ccc(-c2nc3cc4c(cc3o2)oc2cc(N(c3ccccc3)c3cccc5c3c3ccccc3n5-c3ccccc3)ccc24)cc1. The molecule has 0 N–H and O–H groups in total. The molecule has 10 rings (SSSR count). The highest BCUT2D eigenvalue weighted by Gasteiger charge is 2.22. The first-order valence-electron chi connectivity index (χ1n) is 16.1. The monoisotopic (exact) mass is 617 g/mol. The van der Waals surface area contributed by atoms with E-state index in [1.807, 2.05) is 36.4 Å². The van der Waals surface area contributed by atoms with Gasteiger partial charge in [-0.05, 0) is 72.8 Å². The first-order valence-corrected chi connectivity index (χ1v) is 16.1. The Bertz CT molecular complexity index is 2780. The van der Waals surface area contributed by atoms with Gasteiger partial charge in [0.05, 0.1) is 16.7 Å². The van der Waals surface area contributed by atoms with Crippen LogP contribution in [0.5, 0.6) is 0 Å². The summed E-state index contributed by atoms with van der Waals surface area (Å²) in [4.78, 5) is 7.13. The van der Waals surface area contributed by atoms with Crippen LogP contribution in [-0.2, 0) is 0 Å². The van der Waals surface area contributed by atoms with Gasteiger partial charge in [0.2, 0.25) is 5.89 Å². The summed E-state index contributed by atoms with van der Waals surface area (Å²) < 4.78 is 15.1. The Morgan fingerprint density at radius 1 is 0.479 bits per heavy atom. The van der Waals surface area contributed by atoms with Crippen molar-refractivity contribution in [3.8, 4) is 17.1 Å². The van der Waals surface area contributed by atoms with Gasteiger partial charge in [-0.2, -0.15) is 0 Å². The lowest BCUT2D eigenvalue weighted by Crippen LogP contribution is -2.10. The standard InChI is InChI=1S/C43H27N3O2/c1-4-13-28(14-5-1)43-44-35-26-34-32-24-23-31(25-39(32)47-40(34)27-41(35)48-43)45(29-15-6-2-7-16-29)37-21-12-22-38-42(37)33-19-10-11-20-36(33)46(38)30-17-8-3-9-18-30/h1-27H. The Balaban J connectivity index is 1.18. The molecule has 0 spiro atoms. The Morgan fingerprint density at radius 3 is 2.02 bits per heavy atom. The van der Waals surface area contributed by atoms with Crippen LogP contribution in [-0.4, -0.2) is 9.55 Å². The Kier molecular flexibility index (Phi) is 5.81. The molecular formula is C43H27N3O2. The molecule has 0 saturated carbocycles. The molecule has 0 atom stereocenters. The number of nitrogens with zero attached hydrogens (tertiary/aromatic N) is 3. The second-order valence-electron chi connectivity index (χ2n) is 12.0. The number of para-hydroxylation sites is 3. The fourth-order valence-corrected chi connectivity index (χ4v) is 7.08. The molecule has 0 bridgehead atoms. The summed E-state index contributed by atoms with van der Waals surface area (Å²) in [5, 5.41) is 4.43. The molecule has 10 aromatic rings. The fourth-order valence-electron chi connectivity index (χ4n) is 7.08. The number of aromatic nitrogens is 2. The summed E-state index contributed by atoms with van der Waals surface area (Å²) in [6, 6.07) is 56.8. The van der Waals surface area contributed by atoms with Crippen LogP contribution in [0, 0.1) is 0 Å². The number of rotatable bonds is 5. The van der Waals surface area contributed by atoms with E-state index >= 15 is 0 Å². The largest absolute Gasteiger partial charge is 0.456 e. The van der Waals surface area contributed by atoms with Crippen molar-refractivity contribution in [3.63, 3.8) is 0 Å². The molecule has 0 aliphatic carbocycles. The lowest BCUT2D eigenvalue weighted by atomic mass is 10.1. The summed E-state index contributed by atoms with van der Waals surface area (Å²) in [5.41, 5.74) is 10.6. The summed E-state index contributed by atoms with van der Waals surface area (Å²) in [7, 11) is 0. The molecule has 3 heterocycles. The van der Waals surface area contributed by atoms with E-state index in [0.29, 0.717) is 11.5 Å². The number of fused-ring (bicyclic) bond motifs is 7. The van der Waals surface area contributed by atoms with Gasteiger partial charge in [0, 0.05) is 56.3 Å². The molecule has 5 heteroatoms. The summed E-state index contributed by atoms with van der Waals surface area (Å²) in [5.74, 6) is 0.603. The zero-order valence-electron chi connectivity index (χ0n) is 25.7. The molecule has 7 aromatic carbocycles. The van der Waals surface area contributed by atoms with E-state index < -0.39 is 0 Å². The number of hydrogen-bond acceptors (Lipinski definition) is 4. The fraction of sp³-hybridized carbons (Fsp3) is 0. The minimum absolute atomic E-state index is 0.603. The van der Waals surface area contributed by atoms with Crippen molar-refractivity contribution in [2.24, 2.45) is 0 Å². The smallest absolute Gasteiger partial charge is 0.227 e. The number of furan rings is 1. The summed E-state index contributed by atoms with van der Waals surface area (Å²) in [6.45, 7) is 0. The predicted molar refractivity (Wildman–Crippen MR) is 196 cm³/mol. The van der Waals surface area contributed by atoms with Gasteiger partial charge in [0.15, 0.2) is 5.58 Å². The van der Waals surface area contributed by atoms with E-state index in [9.17, 15) is 0 Å². The molecule has 0 amide bonds. The van der Waals surface area contributed by atoms with Crippen LogP contribution in [0.15, 0.2) is 173 Å². The molecule has 0 fully saturated rings. The van der Waals surface area contributed by atoms with Crippen molar-refractivity contribution < 1.29 is 8.83 Å². The molecule has 0 aliphatic rings. The molecule has 3 aromatic heterocycles. The van der Waals surface area contributed by atoms with E-state index in [1.165, 1.54) is 16.3 Å². The van der Waals surface area contributed by atoms with Crippen molar-refractivity contribution in [1.82, 2.24) is 9.55 Å². The molecule has 0 saturated heterocycles. The van der Waals surface area contributed by atoms with Crippen molar-refractivity contribution in [3.05, 3.63) is 164 Å². The Hall–Kier alpha value is -6.59. The minimum atomic E-state index is 0.603. The van der Waals surface area contributed by atoms with E-state index in [-0.39, 0.29) is 0 Å². The van der Waals surface area contributed by atoms with Gasteiger partial charge in [-0.3, -0.25) is 0 Å². The molecule has 5 nitrogen and oxygen atoms in total. The van der Waals surface area contributed by atoms with Gasteiger partial charge in [0.1, 0.15) is 16.7 Å². The maximum Gasteiger partial charge on any atom is 0.227 e. The Labute approximate surface area is 275 Å². The van der Waals surface area contributed by atoms with E-state index in [2.05, 4.69) is 137 Å². The minimum Gasteiger partial charge on any atom is -0.456 e. The van der Waals surface area contributed by atoms with Crippen LogP contribution in [0.25, 0.3) is 72.0 Å². The maximum absolute atomic E-state index is 6.54. The average molecular weight is 618 g/mol. The highest BCUT2D eigenvalue weighted by atomic mass is 16.4. The maximum atomic E-state index is 6.54. The first kappa shape index (κ1) is 26.6. The highest BCUT2D eigenvalue weighted by Crippen LogP contribution is 2.45. The predicted octanol–water partition coefficient (Wildman–Crippen LogP) is 12.0. The molecule has 226 valence electrons. The first-order chi connectivity index (χ1) is 23.8. The quantitative estimate of drug-likeness (QED) is 0.193. The molecule has 0 radical (unpaired) electrons. The number of anilines is 3. The van der Waals surface area contributed by atoms with Gasteiger partial charge < -0.3 is 18.3 Å². The lowest BCUT2D eigenvalue weighted by molar-refractivity contribution is 0.617. The van der Waals surface area contributed by atoms with Gasteiger partial charge in [-0.15, -0.1) is 0 Å². The highest BCUT2D eigenvalue weighted by molar-refractivity contribution is 6.17. The van der Waals surface area contributed by atoms with Crippen molar-refractivity contribution in [2.75, 3.05) is 4.90 Å². The van der Waals surface area contributed by atoms with Crippen LogP contribution in [0.2, 0.25) is 0 Å². The third-order valence-corrected chi connectivity index (χ3v) is 9.19. The van der Waals surface area contributed by atoms with Gasteiger partial charge in [-0.25, -0.2) is 4.98 Å².